The number of para-hydroxylation sites is 2. The van der Waals surface area contributed by atoms with Crippen LogP contribution in [0.5, 0.6) is 0 Å². The number of nitrogens with zero attached hydrogens (tertiary/aromatic N) is 1. The van der Waals surface area contributed by atoms with Gasteiger partial charge in [-0.05, 0) is 111 Å². The van der Waals surface area contributed by atoms with Gasteiger partial charge in [-0.2, -0.15) is 0 Å². The molecule has 0 saturated heterocycles. The van der Waals surface area contributed by atoms with Gasteiger partial charge in [0.2, 0.25) is 0 Å². The van der Waals surface area contributed by atoms with Crippen LogP contribution >= 0.6 is 0 Å². The first-order valence-corrected chi connectivity index (χ1v) is 19.3. The van der Waals surface area contributed by atoms with Gasteiger partial charge in [-0.25, -0.2) is 0 Å². The van der Waals surface area contributed by atoms with Gasteiger partial charge in [-0.3, -0.25) is 0 Å². The van der Waals surface area contributed by atoms with Crippen LogP contribution in [0.2, 0.25) is 0 Å². The Morgan fingerprint density at radius 2 is 0.927 bits per heavy atom. The molecule has 1 aromatic heterocycles. The molecule has 0 atom stereocenters. The lowest BCUT2D eigenvalue weighted by Crippen LogP contribution is -2.22. The maximum atomic E-state index is 6.79. The highest BCUT2D eigenvalue weighted by molar-refractivity contribution is 6.08. The number of furan rings is 1. The summed E-state index contributed by atoms with van der Waals surface area (Å²) in [5.41, 5.74) is 19.1. The quantitative estimate of drug-likeness (QED) is 0.177. The Kier molecular flexibility index (Phi) is 6.76. The highest BCUT2D eigenvalue weighted by atomic mass is 16.3. The van der Waals surface area contributed by atoms with Crippen LogP contribution in [0.25, 0.3) is 55.3 Å². The molecule has 0 bridgehead atoms. The Balaban J connectivity index is 0.988. The Hall–Kier alpha value is -6.64. The number of hydrogen-bond acceptors (Lipinski definition) is 2. The molecule has 0 fully saturated rings. The normalized spacial score (nSPS) is 14.4. The molecule has 9 aromatic rings. The molecule has 8 aromatic carbocycles. The van der Waals surface area contributed by atoms with Crippen molar-refractivity contribution < 1.29 is 4.42 Å². The summed E-state index contributed by atoms with van der Waals surface area (Å²) in [5.74, 6) is 0. The summed E-state index contributed by atoms with van der Waals surface area (Å²) in [5, 5.41) is 2.28. The zero-order chi connectivity index (χ0) is 36.9. The summed E-state index contributed by atoms with van der Waals surface area (Å²) >= 11 is 0. The van der Waals surface area contributed by atoms with Crippen molar-refractivity contribution in [3.05, 3.63) is 210 Å². The second kappa shape index (κ2) is 11.7. The molecule has 0 saturated carbocycles. The monoisotopic (exact) mass is 705 g/mol. The van der Waals surface area contributed by atoms with Gasteiger partial charge in [-0.1, -0.05) is 147 Å². The van der Waals surface area contributed by atoms with E-state index in [1.165, 1.54) is 61.2 Å². The van der Waals surface area contributed by atoms with E-state index in [-0.39, 0.29) is 10.8 Å². The first kappa shape index (κ1) is 31.8. The van der Waals surface area contributed by atoms with Crippen LogP contribution in [0, 0.1) is 0 Å². The lowest BCUT2D eigenvalue weighted by Gasteiger charge is -2.28. The molecular weight excluding hydrogens is 667 g/mol. The van der Waals surface area contributed by atoms with E-state index < -0.39 is 0 Å². The van der Waals surface area contributed by atoms with Crippen molar-refractivity contribution >= 4 is 39.0 Å². The average molecular weight is 706 g/mol. The van der Waals surface area contributed by atoms with Crippen LogP contribution in [0.15, 0.2) is 186 Å². The van der Waals surface area contributed by atoms with Gasteiger partial charge in [-0.15, -0.1) is 0 Å². The van der Waals surface area contributed by atoms with Crippen LogP contribution in [0.3, 0.4) is 0 Å². The maximum absolute atomic E-state index is 6.79. The second-order valence-electron chi connectivity index (χ2n) is 15.8. The van der Waals surface area contributed by atoms with Gasteiger partial charge in [0.15, 0.2) is 0 Å². The van der Waals surface area contributed by atoms with E-state index in [4.69, 9.17) is 4.42 Å². The van der Waals surface area contributed by atoms with Gasteiger partial charge in [0.25, 0.3) is 0 Å². The Morgan fingerprint density at radius 3 is 1.64 bits per heavy atom. The van der Waals surface area contributed by atoms with Crippen LogP contribution in [-0.4, -0.2) is 0 Å². The van der Waals surface area contributed by atoms with Crippen LogP contribution in [0.1, 0.15) is 48.6 Å². The summed E-state index contributed by atoms with van der Waals surface area (Å²) in [4.78, 5) is 2.37. The lowest BCUT2D eigenvalue weighted by molar-refractivity contribution is 0.638. The molecule has 0 spiro atoms. The van der Waals surface area contributed by atoms with Gasteiger partial charge >= 0.3 is 0 Å². The summed E-state index contributed by atoms with van der Waals surface area (Å²) in [6.45, 7) is 7.04. The first-order chi connectivity index (χ1) is 26.9. The molecule has 2 aliphatic rings. The van der Waals surface area contributed by atoms with Crippen LogP contribution < -0.4 is 4.90 Å². The fourth-order valence-corrected chi connectivity index (χ4v) is 9.77. The van der Waals surface area contributed by atoms with Crippen LogP contribution in [-0.2, 0) is 10.8 Å². The van der Waals surface area contributed by atoms with E-state index in [0.717, 1.165) is 39.0 Å². The predicted octanol–water partition coefficient (Wildman–Crippen LogP) is 14.4. The molecular formula is C53H39NO. The van der Waals surface area contributed by atoms with Crippen molar-refractivity contribution in [1.29, 1.82) is 0 Å². The number of rotatable bonds is 5. The summed E-state index contributed by atoms with van der Waals surface area (Å²) in [6.07, 6.45) is 0. The fourth-order valence-electron chi connectivity index (χ4n) is 9.77. The van der Waals surface area contributed by atoms with Gasteiger partial charge < -0.3 is 9.32 Å². The number of fused-ring (bicyclic) bond motifs is 9. The molecule has 1 heterocycles. The molecule has 0 amide bonds. The third kappa shape index (κ3) is 4.55. The van der Waals surface area contributed by atoms with Crippen molar-refractivity contribution in [3.8, 4) is 33.4 Å². The first-order valence-electron chi connectivity index (χ1n) is 19.3. The van der Waals surface area contributed by atoms with E-state index >= 15 is 0 Å². The van der Waals surface area contributed by atoms with Crippen molar-refractivity contribution in [2.45, 2.75) is 31.6 Å². The highest BCUT2D eigenvalue weighted by Crippen LogP contribution is 2.54. The van der Waals surface area contributed by atoms with E-state index in [1.54, 1.807) is 0 Å². The largest absolute Gasteiger partial charge is 0.456 e. The zero-order valence-electron chi connectivity index (χ0n) is 31.2. The molecule has 0 aliphatic heterocycles. The molecule has 55 heavy (non-hydrogen) atoms. The predicted molar refractivity (Wildman–Crippen MR) is 229 cm³/mol. The molecule has 2 aliphatic carbocycles. The van der Waals surface area contributed by atoms with Crippen molar-refractivity contribution in [2.75, 3.05) is 4.90 Å². The van der Waals surface area contributed by atoms with Gasteiger partial charge in [0, 0.05) is 44.2 Å². The maximum Gasteiger partial charge on any atom is 0.139 e. The smallest absolute Gasteiger partial charge is 0.139 e. The minimum Gasteiger partial charge on any atom is -0.456 e. The van der Waals surface area contributed by atoms with Gasteiger partial charge in [0.1, 0.15) is 11.2 Å². The van der Waals surface area contributed by atoms with E-state index in [9.17, 15) is 0 Å². The van der Waals surface area contributed by atoms with E-state index in [2.05, 4.69) is 208 Å². The van der Waals surface area contributed by atoms with Crippen molar-refractivity contribution in [2.24, 2.45) is 0 Å². The minimum atomic E-state index is -0.331. The Morgan fingerprint density at radius 1 is 0.382 bits per heavy atom. The zero-order valence-corrected chi connectivity index (χ0v) is 31.2. The third-order valence-corrected chi connectivity index (χ3v) is 12.6. The fraction of sp³-hybridized carbons (Fsp3) is 0.0943. The lowest BCUT2D eigenvalue weighted by atomic mass is 9.74. The summed E-state index contributed by atoms with van der Waals surface area (Å²) in [6, 6.07) is 66.5. The second-order valence-corrected chi connectivity index (χ2v) is 15.8. The molecule has 0 radical (unpaired) electrons. The Labute approximate surface area is 322 Å². The molecule has 11 rings (SSSR count). The Bertz CT molecular complexity index is 2920. The number of hydrogen-bond donors (Lipinski definition) is 0. The molecule has 0 N–H and O–H groups in total. The number of benzene rings is 8. The standard InChI is InChI=1S/C53H39NO/c1-52(2)45-20-10-7-16-39(45)42-30-29-38(33-49(42)52)54(36-14-5-4-6-15-36)37-27-24-34(25-28-37)35-26-31-50-44(32-35)43-19-13-23-48(51(43)55-50)53(3)46-21-11-8-17-40(46)41-18-9-12-22-47(41)53/h4-33H,1-3H3. The average Bonchev–Trinajstić information content (AvgIpc) is 3.82. The molecule has 0 unspecified atom stereocenters. The SMILES string of the molecule is CC1(C)c2ccccc2-c2ccc(N(c3ccccc3)c3ccc(-c4ccc5oc6c(C7(C)c8ccccc8-c8ccccc87)cccc6c5c4)cc3)cc21. The third-order valence-electron chi connectivity index (χ3n) is 12.6. The van der Waals surface area contributed by atoms with E-state index in [0.29, 0.717) is 0 Å². The summed E-state index contributed by atoms with van der Waals surface area (Å²) < 4.78 is 6.79. The topological polar surface area (TPSA) is 16.4 Å². The molecule has 2 nitrogen and oxygen atoms in total. The van der Waals surface area contributed by atoms with Crippen molar-refractivity contribution in [1.82, 2.24) is 0 Å². The summed E-state index contributed by atoms with van der Waals surface area (Å²) in [7, 11) is 0. The highest BCUT2D eigenvalue weighted by Gasteiger charge is 2.42. The van der Waals surface area contributed by atoms with Crippen LogP contribution in [0.4, 0.5) is 17.1 Å². The van der Waals surface area contributed by atoms with Crippen molar-refractivity contribution in [3.63, 3.8) is 0 Å². The minimum absolute atomic E-state index is 0.0748. The molecule has 262 valence electrons. The van der Waals surface area contributed by atoms with Gasteiger partial charge in [0.05, 0.1) is 0 Å². The van der Waals surface area contributed by atoms with E-state index in [1.807, 2.05) is 0 Å². The number of anilines is 3. The molecule has 2 heteroatoms.